The van der Waals surface area contributed by atoms with Crippen molar-refractivity contribution in [2.24, 2.45) is 0 Å². The largest absolute Gasteiger partial charge is 0.358 e. The van der Waals surface area contributed by atoms with Gasteiger partial charge >= 0.3 is 0 Å². The van der Waals surface area contributed by atoms with Gasteiger partial charge in [-0.2, -0.15) is 5.10 Å². The molecular formula is C13H13F2N3O. The summed E-state index contributed by atoms with van der Waals surface area (Å²) in [6.07, 6.45) is 3.62. The van der Waals surface area contributed by atoms with Crippen molar-refractivity contribution in [1.82, 2.24) is 9.61 Å². The number of hydrogen-bond donors (Lipinski definition) is 0. The molecule has 0 spiro atoms. The van der Waals surface area contributed by atoms with Crippen LogP contribution in [0.4, 0.5) is 14.5 Å². The van der Waals surface area contributed by atoms with Gasteiger partial charge in [0.1, 0.15) is 0 Å². The molecule has 2 aromatic rings. The van der Waals surface area contributed by atoms with Crippen LogP contribution in [0.1, 0.15) is 23.7 Å². The van der Waals surface area contributed by atoms with Crippen LogP contribution in [0, 0.1) is 0 Å². The zero-order valence-corrected chi connectivity index (χ0v) is 10.4. The van der Waals surface area contributed by atoms with Crippen LogP contribution in [0.3, 0.4) is 0 Å². The lowest BCUT2D eigenvalue weighted by molar-refractivity contribution is -0.0263. The Bertz CT molecular complexity index is 642. The molecular weight excluding hydrogens is 252 g/mol. The highest BCUT2D eigenvalue weighted by Crippen LogP contribution is 2.31. The highest BCUT2D eigenvalue weighted by molar-refractivity contribution is 6.02. The number of fused-ring (bicyclic) bond motifs is 1. The lowest BCUT2D eigenvalue weighted by Gasteiger charge is -2.40. The molecule has 4 nitrogen and oxygen atoms in total. The van der Waals surface area contributed by atoms with Gasteiger partial charge < -0.3 is 4.90 Å². The van der Waals surface area contributed by atoms with Crippen molar-refractivity contribution in [2.45, 2.75) is 19.3 Å². The molecule has 0 saturated carbocycles. The Balaban J connectivity index is 1.93. The van der Waals surface area contributed by atoms with Crippen molar-refractivity contribution in [3.05, 3.63) is 30.1 Å². The number of Topliss-reactive ketones (excluding diaryl/α,β-unsaturated/α-hetero) is 1. The summed E-state index contributed by atoms with van der Waals surface area (Å²) >= 11 is 0. The lowest BCUT2D eigenvalue weighted by Crippen LogP contribution is -2.56. The number of carbonyl (C=O) groups excluding carboxylic acids is 1. The fraction of sp³-hybridized carbons (Fsp3) is 0.385. The zero-order chi connectivity index (χ0) is 13.6. The molecule has 0 aliphatic carbocycles. The molecule has 100 valence electrons. The van der Waals surface area contributed by atoms with E-state index in [1.165, 1.54) is 6.20 Å². The fourth-order valence-corrected chi connectivity index (χ4v) is 2.26. The van der Waals surface area contributed by atoms with Gasteiger partial charge in [-0.05, 0) is 12.1 Å². The van der Waals surface area contributed by atoms with Crippen molar-refractivity contribution in [1.29, 1.82) is 0 Å². The predicted molar refractivity (Wildman–Crippen MR) is 67.0 cm³/mol. The lowest BCUT2D eigenvalue weighted by atomic mass is 10.1. The SMILES string of the molecule is CCC(=O)c1cnn2cc(N3CC(F)(F)C3)ccc12. The summed E-state index contributed by atoms with van der Waals surface area (Å²) in [5.41, 5.74) is 1.97. The van der Waals surface area contributed by atoms with Gasteiger partial charge in [0, 0.05) is 6.42 Å². The van der Waals surface area contributed by atoms with Crippen molar-refractivity contribution in [3.63, 3.8) is 0 Å². The van der Waals surface area contributed by atoms with Gasteiger partial charge in [0.05, 0.1) is 42.3 Å². The van der Waals surface area contributed by atoms with E-state index in [4.69, 9.17) is 0 Å². The average Bonchev–Trinajstić information content (AvgIpc) is 2.77. The number of alkyl halides is 2. The van der Waals surface area contributed by atoms with Crippen LogP contribution in [0.5, 0.6) is 0 Å². The molecule has 0 amide bonds. The van der Waals surface area contributed by atoms with Gasteiger partial charge in [-0.25, -0.2) is 13.3 Å². The van der Waals surface area contributed by atoms with Gasteiger partial charge in [-0.3, -0.25) is 4.79 Å². The van der Waals surface area contributed by atoms with E-state index in [2.05, 4.69) is 5.10 Å². The molecule has 3 rings (SSSR count). The van der Waals surface area contributed by atoms with Crippen LogP contribution in [0.15, 0.2) is 24.5 Å². The smallest absolute Gasteiger partial charge is 0.282 e. The van der Waals surface area contributed by atoms with Gasteiger partial charge in [-0.15, -0.1) is 0 Å². The summed E-state index contributed by atoms with van der Waals surface area (Å²) in [7, 11) is 0. The number of carbonyl (C=O) groups is 1. The van der Waals surface area contributed by atoms with Crippen LogP contribution in [0.2, 0.25) is 0 Å². The average molecular weight is 265 g/mol. The maximum absolute atomic E-state index is 12.8. The van der Waals surface area contributed by atoms with E-state index in [-0.39, 0.29) is 18.9 Å². The van der Waals surface area contributed by atoms with E-state index in [1.807, 2.05) is 0 Å². The number of hydrogen-bond acceptors (Lipinski definition) is 3. The summed E-state index contributed by atoms with van der Waals surface area (Å²) in [5, 5.41) is 4.11. The molecule has 1 aliphatic rings. The number of ketones is 1. The maximum Gasteiger partial charge on any atom is 0.282 e. The minimum absolute atomic E-state index is 0.0261. The van der Waals surface area contributed by atoms with Crippen molar-refractivity contribution >= 4 is 17.0 Å². The number of anilines is 1. The Labute approximate surface area is 108 Å². The molecule has 1 saturated heterocycles. The summed E-state index contributed by atoms with van der Waals surface area (Å²) < 4.78 is 27.2. The second kappa shape index (κ2) is 4.01. The number of aromatic nitrogens is 2. The number of halogens is 2. The first-order valence-electron chi connectivity index (χ1n) is 6.13. The maximum atomic E-state index is 12.8. The van der Waals surface area contributed by atoms with Gasteiger partial charge in [-0.1, -0.05) is 6.92 Å². The van der Waals surface area contributed by atoms with Crippen molar-refractivity contribution < 1.29 is 13.6 Å². The molecule has 0 unspecified atom stereocenters. The third-order valence-corrected chi connectivity index (χ3v) is 3.33. The highest BCUT2D eigenvalue weighted by atomic mass is 19.3. The molecule has 0 bridgehead atoms. The van der Waals surface area contributed by atoms with Crippen LogP contribution in [-0.2, 0) is 0 Å². The Morgan fingerprint density at radius 3 is 2.79 bits per heavy atom. The Hall–Kier alpha value is -1.98. The number of rotatable bonds is 3. The standard InChI is InChI=1S/C13H13F2N3O/c1-2-12(19)10-5-16-18-6-9(3-4-11(10)18)17-7-13(14,15)8-17/h3-6H,2,7-8H2,1H3. The van der Waals surface area contributed by atoms with E-state index < -0.39 is 5.92 Å². The highest BCUT2D eigenvalue weighted by Gasteiger charge is 2.44. The summed E-state index contributed by atoms with van der Waals surface area (Å²) in [6, 6.07) is 3.50. The van der Waals surface area contributed by atoms with Gasteiger partial charge in [0.15, 0.2) is 5.78 Å². The van der Waals surface area contributed by atoms with E-state index in [1.54, 1.807) is 34.7 Å². The monoisotopic (exact) mass is 265 g/mol. The molecule has 3 heterocycles. The van der Waals surface area contributed by atoms with E-state index in [9.17, 15) is 13.6 Å². The zero-order valence-electron chi connectivity index (χ0n) is 10.4. The van der Waals surface area contributed by atoms with E-state index >= 15 is 0 Å². The molecule has 0 N–H and O–H groups in total. The molecule has 0 aromatic carbocycles. The molecule has 19 heavy (non-hydrogen) atoms. The molecule has 6 heteroatoms. The Kier molecular flexibility index (Phi) is 2.55. The minimum atomic E-state index is -2.59. The van der Waals surface area contributed by atoms with E-state index in [0.717, 1.165) is 0 Å². The number of nitrogens with zero attached hydrogens (tertiary/aromatic N) is 3. The predicted octanol–water partition coefficient (Wildman–Crippen LogP) is 2.38. The normalized spacial score (nSPS) is 17.5. The third kappa shape index (κ3) is 1.97. The Morgan fingerprint density at radius 1 is 1.42 bits per heavy atom. The van der Waals surface area contributed by atoms with Crippen LogP contribution in [-0.4, -0.2) is 34.4 Å². The van der Waals surface area contributed by atoms with Crippen LogP contribution < -0.4 is 4.90 Å². The second-order valence-electron chi connectivity index (χ2n) is 4.76. The summed E-state index contributed by atoms with van der Waals surface area (Å²) in [5.74, 6) is -2.57. The molecule has 0 radical (unpaired) electrons. The topological polar surface area (TPSA) is 37.6 Å². The molecule has 1 aliphatic heterocycles. The van der Waals surface area contributed by atoms with Crippen molar-refractivity contribution in [2.75, 3.05) is 18.0 Å². The minimum Gasteiger partial charge on any atom is -0.358 e. The number of pyridine rings is 1. The summed E-state index contributed by atoms with van der Waals surface area (Å²) in [6.45, 7) is 1.27. The fourth-order valence-electron chi connectivity index (χ4n) is 2.26. The van der Waals surface area contributed by atoms with Gasteiger partial charge in [0.25, 0.3) is 5.92 Å². The Morgan fingerprint density at radius 2 is 2.16 bits per heavy atom. The first-order chi connectivity index (χ1) is 9.00. The quantitative estimate of drug-likeness (QED) is 0.800. The molecule has 2 aromatic heterocycles. The molecule has 0 atom stereocenters. The second-order valence-corrected chi connectivity index (χ2v) is 4.76. The molecule has 1 fully saturated rings. The van der Waals surface area contributed by atoms with Crippen LogP contribution >= 0.6 is 0 Å². The third-order valence-electron chi connectivity index (χ3n) is 3.33. The van der Waals surface area contributed by atoms with Gasteiger partial charge in [0.2, 0.25) is 0 Å². The first-order valence-corrected chi connectivity index (χ1v) is 6.13. The van der Waals surface area contributed by atoms with E-state index in [0.29, 0.717) is 23.2 Å². The van der Waals surface area contributed by atoms with Crippen molar-refractivity contribution in [3.8, 4) is 0 Å². The first kappa shape index (κ1) is 12.1. The van der Waals surface area contributed by atoms with Crippen LogP contribution in [0.25, 0.3) is 5.52 Å². The summed E-state index contributed by atoms with van der Waals surface area (Å²) in [4.78, 5) is 13.3.